The van der Waals surface area contributed by atoms with E-state index in [1.165, 1.54) is 64.7 Å². The van der Waals surface area contributed by atoms with Crippen molar-refractivity contribution in [2.45, 2.75) is 58.4 Å². The molecule has 100 valence electrons. The normalized spacial score (nSPS) is 32.8. The number of nitrogens with zero attached hydrogens (tertiary/aromatic N) is 1. The van der Waals surface area contributed by atoms with Gasteiger partial charge in [-0.25, -0.2) is 0 Å². The standard InChI is InChI=1S/C15H30N2/c1-13-6-5-7-15(10-13)16-11-14(2)12-17-8-3-4-9-17/h13-16H,3-12H2,1-2H3. The minimum absolute atomic E-state index is 0.805. The van der Waals surface area contributed by atoms with E-state index in [1.54, 1.807) is 0 Å². The molecule has 1 heterocycles. The van der Waals surface area contributed by atoms with Crippen LogP contribution in [0.25, 0.3) is 0 Å². The molecule has 1 N–H and O–H groups in total. The van der Waals surface area contributed by atoms with Gasteiger partial charge in [0.05, 0.1) is 0 Å². The molecule has 2 aliphatic rings. The fourth-order valence-electron chi connectivity index (χ4n) is 3.46. The Balaban J connectivity index is 1.59. The van der Waals surface area contributed by atoms with E-state index in [4.69, 9.17) is 0 Å². The summed E-state index contributed by atoms with van der Waals surface area (Å²) in [5.74, 6) is 1.75. The highest BCUT2D eigenvalue weighted by atomic mass is 15.1. The first-order chi connectivity index (χ1) is 8.24. The van der Waals surface area contributed by atoms with Crippen LogP contribution in [0, 0.1) is 11.8 Å². The number of likely N-dealkylation sites (tertiary alicyclic amines) is 1. The Labute approximate surface area is 107 Å². The number of hydrogen-bond donors (Lipinski definition) is 1. The SMILES string of the molecule is CC1CCCC(NCC(C)CN2CCCC2)C1. The van der Waals surface area contributed by atoms with Gasteiger partial charge in [-0.15, -0.1) is 0 Å². The highest BCUT2D eigenvalue weighted by Gasteiger charge is 2.19. The molecular formula is C15H30N2. The van der Waals surface area contributed by atoms with Crippen LogP contribution >= 0.6 is 0 Å². The van der Waals surface area contributed by atoms with Crippen molar-refractivity contribution in [3.63, 3.8) is 0 Å². The summed E-state index contributed by atoms with van der Waals surface area (Å²) in [7, 11) is 0. The van der Waals surface area contributed by atoms with Gasteiger partial charge in [0.2, 0.25) is 0 Å². The first kappa shape index (κ1) is 13.4. The molecule has 2 nitrogen and oxygen atoms in total. The molecule has 1 aliphatic heterocycles. The molecule has 0 radical (unpaired) electrons. The van der Waals surface area contributed by atoms with Gasteiger partial charge in [0, 0.05) is 12.6 Å². The van der Waals surface area contributed by atoms with Gasteiger partial charge in [-0.1, -0.05) is 26.7 Å². The second kappa shape index (κ2) is 6.75. The van der Waals surface area contributed by atoms with E-state index in [-0.39, 0.29) is 0 Å². The highest BCUT2D eigenvalue weighted by molar-refractivity contribution is 4.77. The van der Waals surface area contributed by atoms with Gasteiger partial charge in [-0.2, -0.15) is 0 Å². The van der Waals surface area contributed by atoms with Crippen LogP contribution in [-0.2, 0) is 0 Å². The third-order valence-corrected chi connectivity index (χ3v) is 4.46. The molecule has 0 spiro atoms. The van der Waals surface area contributed by atoms with Crippen molar-refractivity contribution in [3.05, 3.63) is 0 Å². The number of nitrogens with one attached hydrogen (secondary N) is 1. The average molecular weight is 238 g/mol. The maximum Gasteiger partial charge on any atom is 0.00697 e. The molecule has 17 heavy (non-hydrogen) atoms. The van der Waals surface area contributed by atoms with Crippen molar-refractivity contribution in [3.8, 4) is 0 Å². The maximum atomic E-state index is 3.80. The average Bonchev–Trinajstić information content (AvgIpc) is 2.79. The number of rotatable bonds is 5. The third-order valence-electron chi connectivity index (χ3n) is 4.46. The lowest BCUT2D eigenvalue weighted by Crippen LogP contribution is -2.39. The summed E-state index contributed by atoms with van der Waals surface area (Å²) in [4.78, 5) is 2.63. The third kappa shape index (κ3) is 4.59. The quantitative estimate of drug-likeness (QED) is 0.792. The van der Waals surface area contributed by atoms with E-state index in [0.717, 1.165) is 17.9 Å². The minimum atomic E-state index is 0.805. The predicted octanol–water partition coefficient (Wildman–Crippen LogP) is 2.89. The molecule has 0 aromatic carbocycles. The Morgan fingerprint density at radius 3 is 2.65 bits per heavy atom. The molecule has 3 unspecified atom stereocenters. The second-order valence-electron chi connectivity index (χ2n) is 6.49. The fraction of sp³-hybridized carbons (Fsp3) is 1.00. The van der Waals surface area contributed by atoms with Crippen molar-refractivity contribution in [2.75, 3.05) is 26.2 Å². The molecule has 2 rings (SSSR count). The monoisotopic (exact) mass is 238 g/mol. The maximum absolute atomic E-state index is 3.80. The van der Waals surface area contributed by atoms with Gasteiger partial charge >= 0.3 is 0 Å². The van der Waals surface area contributed by atoms with E-state index in [2.05, 4.69) is 24.1 Å². The van der Waals surface area contributed by atoms with Crippen LogP contribution in [0.2, 0.25) is 0 Å². The molecule has 0 aromatic heterocycles. The van der Waals surface area contributed by atoms with Crippen LogP contribution in [0.3, 0.4) is 0 Å². The lowest BCUT2D eigenvalue weighted by Gasteiger charge is -2.29. The molecule has 3 atom stereocenters. The molecule has 0 amide bonds. The fourth-order valence-corrected chi connectivity index (χ4v) is 3.46. The predicted molar refractivity (Wildman–Crippen MR) is 74.3 cm³/mol. The molecule has 2 heteroatoms. The van der Waals surface area contributed by atoms with Gasteiger partial charge in [-0.05, 0) is 57.2 Å². The summed E-state index contributed by atoms with van der Waals surface area (Å²) in [6, 6.07) is 0.805. The molecule has 1 saturated heterocycles. The minimum Gasteiger partial charge on any atom is -0.314 e. The Bertz CT molecular complexity index is 211. The smallest absolute Gasteiger partial charge is 0.00697 e. The summed E-state index contributed by atoms with van der Waals surface area (Å²) in [6.45, 7) is 10.00. The molecular weight excluding hydrogens is 208 g/mol. The largest absolute Gasteiger partial charge is 0.314 e. The summed E-state index contributed by atoms with van der Waals surface area (Å²) >= 11 is 0. The summed E-state index contributed by atoms with van der Waals surface area (Å²) in [5.41, 5.74) is 0. The van der Waals surface area contributed by atoms with Gasteiger partial charge in [0.15, 0.2) is 0 Å². The van der Waals surface area contributed by atoms with Crippen LogP contribution in [0.5, 0.6) is 0 Å². The van der Waals surface area contributed by atoms with Crippen LogP contribution in [0.1, 0.15) is 52.4 Å². The Morgan fingerprint density at radius 1 is 1.18 bits per heavy atom. The molecule has 1 aliphatic carbocycles. The topological polar surface area (TPSA) is 15.3 Å². The van der Waals surface area contributed by atoms with Crippen LogP contribution in [0.4, 0.5) is 0 Å². The molecule has 0 bridgehead atoms. The van der Waals surface area contributed by atoms with E-state index >= 15 is 0 Å². The van der Waals surface area contributed by atoms with Crippen LogP contribution in [-0.4, -0.2) is 37.1 Å². The number of hydrogen-bond acceptors (Lipinski definition) is 2. The Morgan fingerprint density at radius 2 is 1.94 bits per heavy atom. The van der Waals surface area contributed by atoms with E-state index in [1.807, 2.05) is 0 Å². The van der Waals surface area contributed by atoms with Crippen LogP contribution < -0.4 is 5.32 Å². The van der Waals surface area contributed by atoms with Gasteiger partial charge in [0.25, 0.3) is 0 Å². The summed E-state index contributed by atoms with van der Waals surface area (Å²) < 4.78 is 0. The lowest BCUT2D eigenvalue weighted by atomic mass is 9.87. The Kier molecular flexibility index (Phi) is 5.30. The molecule has 1 saturated carbocycles. The molecule has 0 aromatic rings. The summed E-state index contributed by atoms with van der Waals surface area (Å²) in [6.07, 6.45) is 8.51. The van der Waals surface area contributed by atoms with Crippen molar-refractivity contribution < 1.29 is 0 Å². The first-order valence-corrected chi connectivity index (χ1v) is 7.70. The van der Waals surface area contributed by atoms with Gasteiger partial charge in [-0.3, -0.25) is 0 Å². The zero-order valence-corrected chi connectivity index (χ0v) is 11.8. The summed E-state index contributed by atoms with van der Waals surface area (Å²) in [5, 5.41) is 3.80. The van der Waals surface area contributed by atoms with Crippen molar-refractivity contribution in [1.82, 2.24) is 10.2 Å². The zero-order chi connectivity index (χ0) is 12.1. The van der Waals surface area contributed by atoms with Crippen molar-refractivity contribution >= 4 is 0 Å². The van der Waals surface area contributed by atoms with Crippen molar-refractivity contribution in [1.29, 1.82) is 0 Å². The lowest BCUT2D eigenvalue weighted by molar-refractivity contribution is 0.255. The van der Waals surface area contributed by atoms with Crippen molar-refractivity contribution in [2.24, 2.45) is 11.8 Å². The molecule has 2 fully saturated rings. The van der Waals surface area contributed by atoms with Gasteiger partial charge in [0.1, 0.15) is 0 Å². The van der Waals surface area contributed by atoms with Crippen LogP contribution in [0.15, 0.2) is 0 Å². The Hall–Kier alpha value is -0.0800. The van der Waals surface area contributed by atoms with E-state index < -0.39 is 0 Å². The zero-order valence-electron chi connectivity index (χ0n) is 11.8. The van der Waals surface area contributed by atoms with E-state index in [0.29, 0.717) is 0 Å². The highest BCUT2D eigenvalue weighted by Crippen LogP contribution is 2.23. The second-order valence-corrected chi connectivity index (χ2v) is 6.49. The first-order valence-electron chi connectivity index (χ1n) is 7.70. The van der Waals surface area contributed by atoms with E-state index in [9.17, 15) is 0 Å². The van der Waals surface area contributed by atoms with Gasteiger partial charge < -0.3 is 10.2 Å².